The Morgan fingerprint density at radius 1 is 1.07 bits per heavy atom. The smallest absolute Gasteiger partial charge is 0.0707 e. The molecule has 0 saturated carbocycles. The third kappa shape index (κ3) is 1.72. The Labute approximate surface area is 83.7 Å². The third-order valence-corrected chi connectivity index (χ3v) is 2.09. The number of hydrogen-bond donors (Lipinski definition) is 0. The Bertz CT molecular complexity index is 432. The largest absolute Gasteiger partial charge is 0.256 e. The lowest BCUT2D eigenvalue weighted by atomic mass is 10.1. The molecule has 0 N–H and O–H groups in total. The molecule has 0 aliphatic carbocycles. The summed E-state index contributed by atoms with van der Waals surface area (Å²) in [6.45, 7) is 3.74. The summed E-state index contributed by atoms with van der Waals surface area (Å²) in [5, 5.41) is 0. The molecular formula is C13H11N. The highest BCUT2D eigenvalue weighted by atomic mass is 14.7. The summed E-state index contributed by atoms with van der Waals surface area (Å²) in [4.78, 5) is 4.31. The van der Waals surface area contributed by atoms with E-state index >= 15 is 0 Å². The van der Waals surface area contributed by atoms with Crippen molar-refractivity contribution in [1.82, 2.24) is 4.98 Å². The normalized spacial score (nSPS) is 9.71. The second-order valence-corrected chi connectivity index (χ2v) is 3.04. The Morgan fingerprint density at radius 3 is 2.57 bits per heavy atom. The predicted molar refractivity (Wildman–Crippen MR) is 59.8 cm³/mol. The van der Waals surface area contributed by atoms with Crippen LogP contribution in [0.3, 0.4) is 0 Å². The zero-order valence-corrected chi connectivity index (χ0v) is 7.85. The molecule has 1 aromatic heterocycles. The van der Waals surface area contributed by atoms with Crippen molar-refractivity contribution in [2.75, 3.05) is 0 Å². The van der Waals surface area contributed by atoms with Crippen molar-refractivity contribution < 1.29 is 0 Å². The average molecular weight is 181 g/mol. The molecule has 0 aliphatic rings. The molecule has 0 aliphatic heterocycles. The number of pyridine rings is 1. The molecule has 0 unspecified atom stereocenters. The lowest BCUT2D eigenvalue weighted by molar-refractivity contribution is 1.32. The van der Waals surface area contributed by atoms with E-state index in [0.29, 0.717) is 0 Å². The van der Waals surface area contributed by atoms with Gasteiger partial charge in [-0.1, -0.05) is 43.0 Å². The van der Waals surface area contributed by atoms with Gasteiger partial charge in [-0.25, -0.2) is 0 Å². The van der Waals surface area contributed by atoms with E-state index in [-0.39, 0.29) is 0 Å². The van der Waals surface area contributed by atoms with Crippen molar-refractivity contribution in [2.24, 2.45) is 0 Å². The van der Waals surface area contributed by atoms with E-state index in [1.807, 2.05) is 36.4 Å². The highest BCUT2D eigenvalue weighted by Crippen LogP contribution is 2.17. The maximum atomic E-state index is 4.31. The van der Waals surface area contributed by atoms with Gasteiger partial charge in [0.2, 0.25) is 0 Å². The highest BCUT2D eigenvalue weighted by molar-refractivity contribution is 5.62. The quantitative estimate of drug-likeness (QED) is 0.692. The molecule has 2 aromatic rings. The van der Waals surface area contributed by atoms with Crippen LogP contribution in [0.5, 0.6) is 0 Å². The molecule has 1 nitrogen and oxygen atoms in total. The van der Waals surface area contributed by atoms with E-state index in [1.165, 1.54) is 0 Å². The van der Waals surface area contributed by atoms with Gasteiger partial charge in [-0.05, 0) is 17.7 Å². The van der Waals surface area contributed by atoms with Crippen LogP contribution in [-0.4, -0.2) is 4.98 Å². The van der Waals surface area contributed by atoms with Gasteiger partial charge >= 0.3 is 0 Å². The number of benzene rings is 1. The minimum atomic E-state index is 0.989. The van der Waals surface area contributed by atoms with Crippen LogP contribution >= 0.6 is 0 Å². The number of hydrogen-bond acceptors (Lipinski definition) is 1. The van der Waals surface area contributed by atoms with E-state index < -0.39 is 0 Å². The average Bonchev–Trinajstić information content (AvgIpc) is 2.30. The van der Waals surface area contributed by atoms with Crippen LogP contribution in [-0.2, 0) is 0 Å². The predicted octanol–water partition coefficient (Wildman–Crippen LogP) is 3.39. The summed E-state index contributed by atoms with van der Waals surface area (Å²) in [6.07, 6.45) is 3.63. The Morgan fingerprint density at radius 2 is 1.86 bits per heavy atom. The molecule has 14 heavy (non-hydrogen) atoms. The molecule has 0 bridgehead atoms. The van der Waals surface area contributed by atoms with E-state index in [1.54, 1.807) is 6.20 Å². The first kappa shape index (κ1) is 8.70. The summed E-state index contributed by atoms with van der Waals surface area (Å²) in [5.41, 5.74) is 3.22. The fraction of sp³-hybridized carbons (Fsp3) is 0. The van der Waals surface area contributed by atoms with E-state index in [0.717, 1.165) is 16.8 Å². The van der Waals surface area contributed by atoms with Gasteiger partial charge in [0.15, 0.2) is 0 Å². The van der Waals surface area contributed by atoms with Gasteiger partial charge in [0.05, 0.1) is 5.69 Å². The lowest BCUT2D eigenvalue weighted by Crippen LogP contribution is -1.83. The highest BCUT2D eigenvalue weighted by Gasteiger charge is 1.97. The molecule has 0 radical (unpaired) electrons. The number of aromatic nitrogens is 1. The monoisotopic (exact) mass is 181 g/mol. The number of nitrogens with zero attached hydrogens (tertiary/aromatic N) is 1. The molecule has 0 fully saturated rings. The summed E-state index contributed by atoms with van der Waals surface area (Å²) in [7, 11) is 0. The summed E-state index contributed by atoms with van der Waals surface area (Å²) < 4.78 is 0. The minimum absolute atomic E-state index is 0.989. The van der Waals surface area contributed by atoms with Crippen molar-refractivity contribution >= 4 is 6.08 Å². The summed E-state index contributed by atoms with van der Waals surface area (Å²) >= 11 is 0. The zero-order chi connectivity index (χ0) is 9.80. The fourth-order valence-corrected chi connectivity index (χ4v) is 1.34. The van der Waals surface area contributed by atoms with Gasteiger partial charge in [0.1, 0.15) is 0 Å². The second-order valence-electron chi connectivity index (χ2n) is 3.04. The van der Waals surface area contributed by atoms with E-state index in [2.05, 4.69) is 23.7 Å². The first-order valence-corrected chi connectivity index (χ1v) is 4.54. The molecule has 0 spiro atoms. The summed E-state index contributed by atoms with van der Waals surface area (Å²) in [6, 6.07) is 14.1. The number of rotatable bonds is 2. The molecule has 1 aromatic carbocycles. The van der Waals surface area contributed by atoms with Crippen LogP contribution in [0.1, 0.15) is 5.56 Å². The maximum Gasteiger partial charge on any atom is 0.0707 e. The molecular weight excluding hydrogens is 170 g/mol. The van der Waals surface area contributed by atoms with Crippen LogP contribution < -0.4 is 0 Å². The van der Waals surface area contributed by atoms with Gasteiger partial charge in [-0.3, -0.25) is 4.98 Å². The minimum Gasteiger partial charge on any atom is -0.256 e. The molecule has 0 saturated heterocycles. The third-order valence-electron chi connectivity index (χ3n) is 2.09. The van der Waals surface area contributed by atoms with Crippen molar-refractivity contribution in [1.29, 1.82) is 0 Å². The van der Waals surface area contributed by atoms with Crippen molar-refractivity contribution in [2.45, 2.75) is 0 Å². The zero-order valence-electron chi connectivity index (χ0n) is 7.85. The lowest BCUT2D eigenvalue weighted by Gasteiger charge is -2.00. The van der Waals surface area contributed by atoms with E-state index in [9.17, 15) is 0 Å². The SMILES string of the molecule is C=Cc1ccnc(-c2ccccc2)c1. The Balaban J connectivity index is 2.47. The second kappa shape index (κ2) is 3.88. The van der Waals surface area contributed by atoms with Crippen molar-refractivity contribution in [3.8, 4) is 11.3 Å². The molecule has 68 valence electrons. The van der Waals surface area contributed by atoms with Gasteiger partial charge in [-0.2, -0.15) is 0 Å². The Hall–Kier alpha value is -1.89. The van der Waals surface area contributed by atoms with Crippen LogP contribution in [0.15, 0.2) is 55.2 Å². The van der Waals surface area contributed by atoms with Gasteiger partial charge in [-0.15, -0.1) is 0 Å². The van der Waals surface area contributed by atoms with Crippen molar-refractivity contribution in [3.05, 3.63) is 60.8 Å². The van der Waals surface area contributed by atoms with Crippen LogP contribution in [0.2, 0.25) is 0 Å². The Kier molecular flexibility index (Phi) is 2.41. The van der Waals surface area contributed by atoms with Crippen LogP contribution in [0, 0.1) is 0 Å². The van der Waals surface area contributed by atoms with Crippen LogP contribution in [0.4, 0.5) is 0 Å². The molecule has 1 heteroatoms. The molecule has 0 amide bonds. The van der Waals surface area contributed by atoms with E-state index in [4.69, 9.17) is 0 Å². The van der Waals surface area contributed by atoms with Gasteiger partial charge < -0.3 is 0 Å². The first-order valence-electron chi connectivity index (χ1n) is 4.54. The molecule has 2 rings (SSSR count). The maximum absolute atomic E-state index is 4.31. The van der Waals surface area contributed by atoms with Crippen molar-refractivity contribution in [3.63, 3.8) is 0 Å². The standard InChI is InChI=1S/C13H11N/c1-2-11-8-9-14-13(10-11)12-6-4-3-5-7-12/h2-10H,1H2. The fourth-order valence-electron chi connectivity index (χ4n) is 1.34. The van der Waals surface area contributed by atoms with Gasteiger partial charge in [0, 0.05) is 11.8 Å². The first-order chi connectivity index (χ1) is 6.90. The summed E-state index contributed by atoms with van der Waals surface area (Å²) in [5.74, 6) is 0. The van der Waals surface area contributed by atoms with Gasteiger partial charge in [0.25, 0.3) is 0 Å². The topological polar surface area (TPSA) is 12.9 Å². The molecule has 0 atom stereocenters. The van der Waals surface area contributed by atoms with Crippen LogP contribution in [0.25, 0.3) is 17.3 Å². The molecule has 1 heterocycles.